The van der Waals surface area contributed by atoms with E-state index in [-0.39, 0.29) is 24.7 Å². The summed E-state index contributed by atoms with van der Waals surface area (Å²) in [6.45, 7) is 2.17. The van der Waals surface area contributed by atoms with Crippen molar-refractivity contribution in [2.75, 3.05) is 13.7 Å². The van der Waals surface area contributed by atoms with Gasteiger partial charge in [-0.3, -0.25) is 9.78 Å². The van der Waals surface area contributed by atoms with Crippen molar-refractivity contribution >= 4 is 5.91 Å². The maximum absolute atomic E-state index is 12.2. The quantitative estimate of drug-likeness (QED) is 0.830. The lowest BCUT2D eigenvalue weighted by molar-refractivity contribution is -0.139. The molecule has 1 aromatic rings. The van der Waals surface area contributed by atoms with Gasteiger partial charge < -0.3 is 9.64 Å². The van der Waals surface area contributed by atoms with Crippen molar-refractivity contribution in [3.8, 4) is 0 Å². The molecule has 0 N–H and O–H groups in total. The summed E-state index contributed by atoms with van der Waals surface area (Å²) in [7, 11) is 1.81. The molecule has 2 rings (SSSR count). The molecule has 1 aliphatic rings. The van der Waals surface area contributed by atoms with Crippen LogP contribution in [0.2, 0.25) is 0 Å². The normalized spacial score (nSPS) is 17.7. The summed E-state index contributed by atoms with van der Waals surface area (Å²) >= 11 is 0. The molecule has 1 unspecified atom stereocenters. The van der Waals surface area contributed by atoms with Crippen LogP contribution >= 0.6 is 0 Å². The average Bonchev–Trinajstić information content (AvgIpc) is 2.53. The Kier molecular flexibility index (Phi) is 5.53. The summed E-state index contributed by atoms with van der Waals surface area (Å²) in [5.74, 6) is 0.0220. The van der Waals surface area contributed by atoms with Gasteiger partial charge in [0.05, 0.1) is 17.8 Å². The van der Waals surface area contributed by atoms with Crippen LogP contribution in [-0.4, -0.2) is 35.5 Å². The molecule has 0 bridgehead atoms. The molecule has 1 fully saturated rings. The second-order valence-electron chi connectivity index (χ2n) is 5.51. The molecule has 0 saturated heterocycles. The van der Waals surface area contributed by atoms with Crippen LogP contribution in [0.3, 0.4) is 0 Å². The Morgan fingerprint density at radius 1 is 1.40 bits per heavy atom. The van der Waals surface area contributed by atoms with Gasteiger partial charge in [-0.2, -0.15) is 0 Å². The minimum Gasteiger partial charge on any atom is -0.368 e. The van der Waals surface area contributed by atoms with E-state index in [2.05, 4.69) is 4.98 Å². The Morgan fingerprint density at radius 3 is 2.80 bits per heavy atom. The van der Waals surface area contributed by atoms with Crippen LogP contribution in [0.15, 0.2) is 24.4 Å². The number of nitrogens with zero attached hydrogens (tertiary/aromatic N) is 2. The Hall–Kier alpha value is -1.42. The maximum atomic E-state index is 12.2. The molecular formula is C16H24N2O2. The fourth-order valence-corrected chi connectivity index (χ4v) is 2.56. The van der Waals surface area contributed by atoms with Crippen molar-refractivity contribution in [3.05, 3.63) is 30.1 Å². The molecule has 0 aromatic carbocycles. The average molecular weight is 276 g/mol. The van der Waals surface area contributed by atoms with Gasteiger partial charge in [-0.15, -0.1) is 0 Å². The summed E-state index contributed by atoms with van der Waals surface area (Å²) in [5, 5.41) is 0. The molecule has 1 saturated carbocycles. The van der Waals surface area contributed by atoms with Crippen LogP contribution in [0, 0.1) is 0 Å². The lowest BCUT2D eigenvalue weighted by atomic mass is 9.98. The van der Waals surface area contributed by atoms with Gasteiger partial charge in [0.2, 0.25) is 5.91 Å². The highest BCUT2D eigenvalue weighted by Crippen LogP contribution is 2.21. The van der Waals surface area contributed by atoms with Crippen molar-refractivity contribution in [2.24, 2.45) is 0 Å². The minimum atomic E-state index is -0.0290. The van der Waals surface area contributed by atoms with Crippen LogP contribution in [0.1, 0.15) is 50.8 Å². The number of hydrogen-bond donors (Lipinski definition) is 0. The van der Waals surface area contributed by atoms with Crippen LogP contribution in [0.4, 0.5) is 0 Å². The maximum Gasteiger partial charge on any atom is 0.248 e. The number of carbonyl (C=O) groups is 1. The molecular weight excluding hydrogens is 252 g/mol. The van der Waals surface area contributed by atoms with Crippen LogP contribution < -0.4 is 0 Å². The largest absolute Gasteiger partial charge is 0.368 e. The van der Waals surface area contributed by atoms with Crippen molar-refractivity contribution < 1.29 is 9.53 Å². The van der Waals surface area contributed by atoms with E-state index in [4.69, 9.17) is 4.74 Å². The molecule has 4 nitrogen and oxygen atoms in total. The first-order valence-corrected chi connectivity index (χ1v) is 7.46. The Morgan fingerprint density at radius 2 is 2.15 bits per heavy atom. The Labute approximate surface area is 121 Å². The van der Waals surface area contributed by atoms with Gasteiger partial charge in [-0.05, 0) is 31.9 Å². The van der Waals surface area contributed by atoms with E-state index in [1.165, 1.54) is 19.3 Å². The van der Waals surface area contributed by atoms with E-state index in [1.807, 2.05) is 32.2 Å². The van der Waals surface area contributed by atoms with Crippen molar-refractivity contribution in [1.82, 2.24) is 9.88 Å². The van der Waals surface area contributed by atoms with E-state index in [9.17, 15) is 4.79 Å². The molecule has 1 aromatic heterocycles. The number of likely N-dealkylation sites (N-methyl/N-ethyl adjacent to an activating group) is 1. The highest BCUT2D eigenvalue weighted by Gasteiger charge is 2.20. The first-order valence-electron chi connectivity index (χ1n) is 7.46. The third-order valence-electron chi connectivity index (χ3n) is 4.08. The third kappa shape index (κ3) is 4.04. The van der Waals surface area contributed by atoms with Gasteiger partial charge >= 0.3 is 0 Å². The first kappa shape index (κ1) is 15.0. The summed E-state index contributed by atoms with van der Waals surface area (Å²) in [6.07, 6.45) is 7.94. The second kappa shape index (κ2) is 7.39. The van der Waals surface area contributed by atoms with Crippen LogP contribution in [-0.2, 0) is 9.53 Å². The molecule has 1 heterocycles. The number of ether oxygens (including phenoxy) is 1. The Bertz CT molecular complexity index is 416. The standard InChI is InChI=1S/C16H24N2O2/c1-13(15-10-6-7-11-17-15)18(2)16(19)12-20-14-8-4-3-5-9-14/h6-7,10-11,13-14H,3-5,8-9,12H2,1-2H3. The van der Waals surface area contributed by atoms with Gasteiger partial charge in [-0.25, -0.2) is 0 Å². The van der Waals surface area contributed by atoms with Crippen molar-refractivity contribution in [3.63, 3.8) is 0 Å². The molecule has 0 radical (unpaired) electrons. The first-order chi connectivity index (χ1) is 9.68. The van der Waals surface area contributed by atoms with Crippen LogP contribution in [0.25, 0.3) is 0 Å². The summed E-state index contributed by atoms with van der Waals surface area (Å²) in [6, 6.07) is 5.73. The lowest BCUT2D eigenvalue weighted by Crippen LogP contribution is -2.34. The monoisotopic (exact) mass is 276 g/mol. The predicted octanol–water partition coefficient (Wildman–Crippen LogP) is 2.95. The summed E-state index contributed by atoms with van der Waals surface area (Å²) in [5.41, 5.74) is 0.904. The van der Waals surface area contributed by atoms with E-state index in [0.717, 1.165) is 18.5 Å². The zero-order chi connectivity index (χ0) is 14.4. The van der Waals surface area contributed by atoms with Gasteiger partial charge in [0.1, 0.15) is 6.61 Å². The van der Waals surface area contributed by atoms with Crippen molar-refractivity contribution in [1.29, 1.82) is 0 Å². The highest BCUT2D eigenvalue weighted by molar-refractivity contribution is 5.77. The zero-order valence-electron chi connectivity index (χ0n) is 12.4. The predicted molar refractivity (Wildman–Crippen MR) is 78.2 cm³/mol. The van der Waals surface area contributed by atoms with Crippen molar-refractivity contribution in [2.45, 2.75) is 51.2 Å². The highest BCUT2D eigenvalue weighted by atomic mass is 16.5. The van der Waals surface area contributed by atoms with E-state index in [1.54, 1.807) is 11.1 Å². The molecule has 110 valence electrons. The fraction of sp³-hybridized carbons (Fsp3) is 0.625. The second-order valence-corrected chi connectivity index (χ2v) is 5.51. The number of hydrogen-bond acceptors (Lipinski definition) is 3. The van der Waals surface area contributed by atoms with Gasteiger partial charge in [0, 0.05) is 13.2 Å². The summed E-state index contributed by atoms with van der Waals surface area (Å²) in [4.78, 5) is 18.2. The number of pyridine rings is 1. The lowest BCUT2D eigenvalue weighted by Gasteiger charge is -2.26. The molecule has 20 heavy (non-hydrogen) atoms. The summed E-state index contributed by atoms with van der Waals surface area (Å²) < 4.78 is 5.74. The van der Waals surface area contributed by atoms with Gasteiger partial charge in [-0.1, -0.05) is 25.3 Å². The molecule has 4 heteroatoms. The SMILES string of the molecule is CC(c1ccccn1)N(C)C(=O)COC1CCCCC1. The van der Waals surface area contributed by atoms with E-state index >= 15 is 0 Å². The topological polar surface area (TPSA) is 42.4 Å². The molecule has 1 amide bonds. The van der Waals surface area contributed by atoms with Crippen LogP contribution in [0.5, 0.6) is 0 Å². The Balaban J connectivity index is 1.82. The molecule has 0 spiro atoms. The van der Waals surface area contributed by atoms with Gasteiger partial charge in [0.25, 0.3) is 0 Å². The fourth-order valence-electron chi connectivity index (χ4n) is 2.56. The number of aromatic nitrogens is 1. The number of rotatable bonds is 5. The molecule has 1 atom stereocenters. The number of carbonyl (C=O) groups excluding carboxylic acids is 1. The van der Waals surface area contributed by atoms with Gasteiger partial charge in [0.15, 0.2) is 0 Å². The van der Waals surface area contributed by atoms with E-state index < -0.39 is 0 Å². The molecule has 0 aliphatic heterocycles. The van der Waals surface area contributed by atoms with E-state index in [0.29, 0.717) is 0 Å². The smallest absolute Gasteiger partial charge is 0.248 e. The third-order valence-corrected chi connectivity index (χ3v) is 4.08. The molecule has 1 aliphatic carbocycles. The number of amides is 1. The minimum absolute atomic E-state index is 0.0220. The zero-order valence-corrected chi connectivity index (χ0v) is 12.4.